The number of nitrogens with zero attached hydrogens (tertiary/aromatic N) is 3. The maximum atomic E-state index is 12.1. The van der Waals surface area contributed by atoms with Gasteiger partial charge in [0.15, 0.2) is 5.82 Å². The minimum atomic E-state index is 0.167. The molecule has 1 aliphatic rings. The summed E-state index contributed by atoms with van der Waals surface area (Å²) in [6.07, 6.45) is 2.11. The van der Waals surface area contributed by atoms with Crippen molar-refractivity contribution < 1.29 is 9.90 Å². The van der Waals surface area contributed by atoms with E-state index in [1.54, 1.807) is 6.07 Å². The SMILES string of the molecule is CCC(=O)N1CCc2nc(-c3n[nH]c4cc(-c5ccc(O)cc5CC)ccc34)[nH]c2C1. The number of carbonyl (C=O) groups excluding carboxylic acids is 1. The van der Waals surface area contributed by atoms with Crippen LogP contribution in [0, 0.1) is 0 Å². The number of aromatic hydroxyl groups is 1. The number of amides is 1. The first-order valence-electron chi connectivity index (χ1n) is 10.7. The summed E-state index contributed by atoms with van der Waals surface area (Å²) in [5.74, 6) is 1.18. The summed E-state index contributed by atoms with van der Waals surface area (Å²) in [4.78, 5) is 22.1. The molecule has 0 radical (unpaired) electrons. The van der Waals surface area contributed by atoms with Crippen molar-refractivity contribution in [1.82, 2.24) is 25.1 Å². The second-order valence-corrected chi connectivity index (χ2v) is 7.96. The minimum absolute atomic E-state index is 0.167. The molecule has 0 bridgehead atoms. The van der Waals surface area contributed by atoms with Crippen LogP contribution in [0.2, 0.25) is 0 Å². The second kappa shape index (κ2) is 7.58. The number of aromatic amines is 2. The lowest BCUT2D eigenvalue weighted by Crippen LogP contribution is -2.35. The van der Waals surface area contributed by atoms with Crippen molar-refractivity contribution in [3.63, 3.8) is 0 Å². The van der Waals surface area contributed by atoms with Crippen LogP contribution in [0.1, 0.15) is 37.2 Å². The molecule has 2 aromatic heterocycles. The van der Waals surface area contributed by atoms with Gasteiger partial charge in [0.1, 0.15) is 11.4 Å². The van der Waals surface area contributed by atoms with Gasteiger partial charge in [0, 0.05) is 24.8 Å². The number of carbonyl (C=O) groups is 1. The number of nitrogens with one attached hydrogen (secondary N) is 2. The van der Waals surface area contributed by atoms with Gasteiger partial charge in [-0.25, -0.2) is 4.98 Å². The maximum absolute atomic E-state index is 12.1. The van der Waals surface area contributed by atoms with Crippen LogP contribution in [0.3, 0.4) is 0 Å². The number of aromatic nitrogens is 4. The Hall–Kier alpha value is -3.61. The van der Waals surface area contributed by atoms with Crippen molar-refractivity contribution in [3.05, 3.63) is 53.3 Å². The maximum Gasteiger partial charge on any atom is 0.222 e. The molecule has 0 saturated heterocycles. The van der Waals surface area contributed by atoms with E-state index in [-0.39, 0.29) is 11.7 Å². The van der Waals surface area contributed by atoms with Gasteiger partial charge in [-0.3, -0.25) is 9.89 Å². The number of fused-ring (bicyclic) bond motifs is 2. The second-order valence-electron chi connectivity index (χ2n) is 7.96. The highest BCUT2D eigenvalue weighted by atomic mass is 16.3. The molecule has 0 saturated carbocycles. The van der Waals surface area contributed by atoms with Gasteiger partial charge < -0.3 is 15.0 Å². The van der Waals surface area contributed by atoms with Gasteiger partial charge in [0.25, 0.3) is 0 Å². The molecule has 3 heterocycles. The van der Waals surface area contributed by atoms with Gasteiger partial charge in [-0.2, -0.15) is 5.10 Å². The van der Waals surface area contributed by atoms with Crippen LogP contribution in [0.5, 0.6) is 5.75 Å². The van der Waals surface area contributed by atoms with Crippen molar-refractivity contribution in [2.45, 2.75) is 39.7 Å². The zero-order valence-corrected chi connectivity index (χ0v) is 17.7. The molecule has 1 aliphatic heterocycles. The summed E-state index contributed by atoms with van der Waals surface area (Å²) in [7, 11) is 0. The van der Waals surface area contributed by atoms with Crippen LogP contribution in [0.25, 0.3) is 33.5 Å². The number of phenolic OH excluding ortho intramolecular Hbond substituents is 1. The summed E-state index contributed by atoms with van der Waals surface area (Å²) >= 11 is 0. The highest BCUT2D eigenvalue weighted by molar-refractivity contribution is 5.94. The van der Waals surface area contributed by atoms with E-state index < -0.39 is 0 Å². The molecule has 7 nitrogen and oxygen atoms in total. The molecule has 1 amide bonds. The average Bonchev–Trinajstić information content (AvgIpc) is 3.41. The Labute approximate surface area is 180 Å². The summed E-state index contributed by atoms with van der Waals surface area (Å²) in [5, 5.41) is 18.5. The lowest BCUT2D eigenvalue weighted by atomic mass is 9.97. The molecule has 3 N–H and O–H groups in total. The largest absolute Gasteiger partial charge is 0.508 e. The van der Waals surface area contributed by atoms with Crippen LogP contribution < -0.4 is 0 Å². The number of imidazole rings is 1. The van der Waals surface area contributed by atoms with Crippen LogP contribution in [-0.4, -0.2) is 42.6 Å². The Morgan fingerprint density at radius 3 is 2.87 bits per heavy atom. The summed E-state index contributed by atoms with van der Waals surface area (Å²) in [6, 6.07) is 11.7. The number of rotatable bonds is 4. The van der Waals surface area contributed by atoms with E-state index in [0.717, 1.165) is 63.3 Å². The first kappa shape index (κ1) is 19.4. The number of phenols is 1. The van der Waals surface area contributed by atoms with E-state index in [1.165, 1.54) is 0 Å². The van der Waals surface area contributed by atoms with E-state index in [2.05, 4.69) is 40.3 Å². The van der Waals surface area contributed by atoms with Crippen molar-refractivity contribution >= 4 is 16.8 Å². The van der Waals surface area contributed by atoms with Gasteiger partial charge in [-0.15, -0.1) is 0 Å². The molecule has 5 rings (SSSR count). The smallest absolute Gasteiger partial charge is 0.222 e. The lowest BCUT2D eigenvalue weighted by Gasteiger charge is -2.25. The molecule has 7 heteroatoms. The number of hydrogen-bond donors (Lipinski definition) is 3. The molecule has 4 aromatic rings. The molecule has 0 aliphatic carbocycles. The van der Waals surface area contributed by atoms with Gasteiger partial charge in [-0.05, 0) is 47.4 Å². The number of benzene rings is 2. The highest BCUT2D eigenvalue weighted by Crippen LogP contribution is 2.32. The van der Waals surface area contributed by atoms with Gasteiger partial charge >= 0.3 is 0 Å². The topological polar surface area (TPSA) is 97.9 Å². The van der Waals surface area contributed by atoms with Gasteiger partial charge in [0.05, 0.1) is 23.4 Å². The standard InChI is InChI=1S/C24H25N5O2/c1-3-14-11-16(30)6-8-17(14)15-5-7-18-20(12-15)27-28-23(18)24-25-19-9-10-29(22(31)4-2)13-21(19)26-24/h5-8,11-12,30H,3-4,9-10,13H2,1-2H3,(H,25,26)(H,27,28). The molecule has 0 unspecified atom stereocenters. The van der Waals surface area contributed by atoms with E-state index >= 15 is 0 Å². The fourth-order valence-corrected chi connectivity index (χ4v) is 4.36. The average molecular weight is 415 g/mol. The predicted octanol–water partition coefficient (Wildman–Crippen LogP) is 4.18. The number of H-pyrrole nitrogens is 2. The Balaban J connectivity index is 1.50. The predicted molar refractivity (Wildman–Crippen MR) is 120 cm³/mol. The molecule has 31 heavy (non-hydrogen) atoms. The summed E-state index contributed by atoms with van der Waals surface area (Å²) in [5.41, 5.74) is 7.00. The zero-order chi connectivity index (χ0) is 21.5. The molecule has 0 fully saturated rings. The third-order valence-corrected chi connectivity index (χ3v) is 6.05. The molecule has 0 atom stereocenters. The number of hydrogen-bond acceptors (Lipinski definition) is 4. The van der Waals surface area contributed by atoms with Crippen LogP contribution in [0.15, 0.2) is 36.4 Å². The zero-order valence-electron chi connectivity index (χ0n) is 17.7. The Bertz CT molecular complexity index is 1290. The first-order chi connectivity index (χ1) is 15.1. The van der Waals surface area contributed by atoms with E-state index in [0.29, 0.717) is 19.5 Å². The highest BCUT2D eigenvalue weighted by Gasteiger charge is 2.24. The molecule has 0 spiro atoms. The van der Waals surface area contributed by atoms with Gasteiger partial charge in [0.2, 0.25) is 5.91 Å². The third-order valence-electron chi connectivity index (χ3n) is 6.05. The summed E-state index contributed by atoms with van der Waals surface area (Å²) < 4.78 is 0. The fourth-order valence-electron chi connectivity index (χ4n) is 4.36. The third kappa shape index (κ3) is 3.36. The van der Waals surface area contributed by atoms with Crippen molar-refractivity contribution in [2.75, 3.05) is 6.54 Å². The van der Waals surface area contributed by atoms with Crippen molar-refractivity contribution in [2.24, 2.45) is 0 Å². The van der Waals surface area contributed by atoms with Crippen LogP contribution in [-0.2, 0) is 24.2 Å². The Morgan fingerprint density at radius 1 is 1.19 bits per heavy atom. The first-order valence-corrected chi connectivity index (χ1v) is 10.7. The Kier molecular flexibility index (Phi) is 4.73. The van der Waals surface area contributed by atoms with Crippen LogP contribution >= 0.6 is 0 Å². The fraction of sp³-hybridized carbons (Fsp3) is 0.292. The quantitative estimate of drug-likeness (QED) is 0.466. The molecular weight excluding hydrogens is 390 g/mol. The normalized spacial score (nSPS) is 13.5. The minimum Gasteiger partial charge on any atom is -0.508 e. The molecular formula is C24H25N5O2. The van der Waals surface area contributed by atoms with Crippen molar-refractivity contribution in [3.8, 4) is 28.4 Å². The van der Waals surface area contributed by atoms with Crippen LogP contribution in [0.4, 0.5) is 0 Å². The summed E-state index contributed by atoms with van der Waals surface area (Å²) in [6.45, 7) is 5.25. The monoisotopic (exact) mass is 415 g/mol. The van der Waals surface area contributed by atoms with E-state index in [1.807, 2.05) is 24.0 Å². The van der Waals surface area contributed by atoms with E-state index in [9.17, 15) is 9.90 Å². The Morgan fingerprint density at radius 2 is 2.06 bits per heavy atom. The molecule has 158 valence electrons. The number of aryl methyl sites for hydroxylation is 1. The molecule has 2 aromatic carbocycles. The van der Waals surface area contributed by atoms with Crippen molar-refractivity contribution in [1.29, 1.82) is 0 Å². The van der Waals surface area contributed by atoms with Gasteiger partial charge in [-0.1, -0.05) is 26.0 Å². The lowest BCUT2D eigenvalue weighted by molar-refractivity contribution is -0.131. The van der Waals surface area contributed by atoms with E-state index in [4.69, 9.17) is 4.98 Å².